The molecular formula is C17H21N3O. The summed E-state index contributed by atoms with van der Waals surface area (Å²) in [7, 11) is 0. The first-order chi connectivity index (χ1) is 10.1. The summed E-state index contributed by atoms with van der Waals surface area (Å²) in [6.07, 6.45) is 0. The molecule has 0 saturated heterocycles. The summed E-state index contributed by atoms with van der Waals surface area (Å²) in [5, 5.41) is 4.50. The molecule has 4 heteroatoms. The van der Waals surface area contributed by atoms with Crippen molar-refractivity contribution in [3.63, 3.8) is 0 Å². The van der Waals surface area contributed by atoms with Crippen LogP contribution in [0.3, 0.4) is 0 Å². The molecule has 0 aliphatic carbocycles. The summed E-state index contributed by atoms with van der Waals surface area (Å²) < 4.78 is 7.73. The van der Waals surface area contributed by atoms with Crippen molar-refractivity contribution in [2.24, 2.45) is 5.73 Å². The second kappa shape index (κ2) is 6.96. The maximum Gasteiger partial charge on any atom is 0.119 e. The van der Waals surface area contributed by atoms with Crippen LogP contribution >= 0.6 is 0 Å². The minimum absolute atomic E-state index is 0.375. The molecule has 2 aromatic rings. The predicted octanol–water partition coefficient (Wildman–Crippen LogP) is 2.20. The quantitative estimate of drug-likeness (QED) is 0.875. The third-order valence-corrected chi connectivity index (χ3v) is 3.50. The van der Waals surface area contributed by atoms with Crippen molar-refractivity contribution in [3.05, 3.63) is 46.8 Å². The number of nitrogens with zero attached hydrogens (tertiary/aromatic N) is 2. The second-order valence-corrected chi connectivity index (χ2v) is 4.90. The van der Waals surface area contributed by atoms with E-state index >= 15 is 0 Å². The molecule has 110 valence electrons. The summed E-state index contributed by atoms with van der Waals surface area (Å²) in [5.41, 5.74) is 9.82. The molecule has 0 unspecified atom stereocenters. The topological polar surface area (TPSA) is 53.1 Å². The zero-order chi connectivity index (χ0) is 15.2. The van der Waals surface area contributed by atoms with Crippen LogP contribution in [0.15, 0.2) is 24.3 Å². The monoisotopic (exact) mass is 283 g/mol. The zero-order valence-electron chi connectivity index (χ0n) is 12.8. The minimum Gasteiger partial charge on any atom is -0.492 e. The van der Waals surface area contributed by atoms with Gasteiger partial charge in [0.1, 0.15) is 12.4 Å². The molecule has 0 spiro atoms. The Balaban J connectivity index is 1.90. The fourth-order valence-corrected chi connectivity index (χ4v) is 2.04. The molecule has 0 bridgehead atoms. The average molecular weight is 283 g/mol. The Morgan fingerprint density at radius 3 is 2.48 bits per heavy atom. The molecule has 1 aromatic carbocycles. The fraction of sp³-hybridized carbons (Fsp3) is 0.353. The Morgan fingerprint density at radius 1 is 1.19 bits per heavy atom. The lowest BCUT2D eigenvalue weighted by Crippen LogP contribution is -2.11. The summed E-state index contributed by atoms with van der Waals surface area (Å²) in [6.45, 7) is 7.92. The van der Waals surface area contributed by atoms with Gasteiger partial charge in [-0.1, -0.05) is 11.8 Å². The number of aryl methyl sites for hydroxylation is 1. The number of aromatic nitrogens is 2. The van der Waals surface area contributed by atoms with E-state index in [4.69, 9.17) is 10.5 Å². The molecule has 0 fully saturated rings. The van der Waals surface area contributed by atoms with Crippen molar-refractivity contribution in [1.82, 2.24) is 9.78 Å². The summed E-state index contributed by atoms with van der Waals surface area (Å²) in [6, 6.07) is 7.72. The largest absolute Gasteiger partial charge is 0.492 e. The molecule has 0 atom stereocenters. The van der Waals surface area contributed by atoms with Crippen molar-refractivity contribution >= 4 is 0 Å². The number of rotatable bonds is 4. The Kier molecular flexibility index (Phi) is 5.02. The number of hydrogen-bond donors (Lipinski definition) is 1. The Bertz CT molecular complexity index is 660. The smallest absolute Gasteiger partial charge is 0.119 e. The van der Waals surface area contributed by atoms with Gasteiger partial charge in [0, 0.05) is 11.3 Å². The first-order valence-corrected chi connectivity index (χ1v) is 7.04. The molecule has 0 aliphatic rings. The first-order valence-electron chi connectivity index (χ1n) is 7.04. The van der Waals surface area contributed by atoms with Crippen LogP contribution in [0, 0.1) is 32.6 Å². The van der Waals surface area contributed by atoms with Crippen LogP contribution in [0.1, 0.15) is 22.5 Å². The summed E-state index contributed by atoms with van der Waals surface area (Å²) in [4.78, 5) is 0. The van der Waals surface area contributed by atoms with E-state index in [-0.39, 0.29) is 0 Å². The van der Waals surface area contributed by atoms with Crippen molar-refractivity contribution in [3.8, 4) is 17.6 Å². The Morgan fingerprint density at radius 2 is 1.90 bits per heavy atom. The highest BCUT2D eigenvalue weighted by Gasteiger charge is 2.06. The average Bonchev–Trinajstić information content (AvgIpc) is 2.74. The van der Waals surface area contributed by atoms with Gasteiger partial charge in [0.25, 0.3) is 0 Å². The van der Waals surface area contributed by atoms with Gasteiger partial charge in [-0.2, -0.15) is 5.10 Å². The van der Waals surface area contributed by atoms with Gasteiger partial charge in [0.15, 0.2) is 0 Å². The molecule has 0 amide bonds. The van der Waals surface area contributed by atoms with Gasteiger partial charge in [-0.3, -0.25) is 4.68 Å². The highest BCUT2D eigenvalue weighted by molar-refractivity contribution is 5.38. The highest BCUT2D eigenvalue weighted by atomic mass is 16.5. The maximum atomic E-state index is 5.74. The van der Waals surface area contributed by atoms with Crippen LogP contribution in [0.5, 0.6) is 5.75 Å². The molecule has 1 heterocycles. The normalized spacial score (nSPS) is 10.1. The van der Waals surface area contributed by atoms with Crippen molar-refractivity contribution in [2.45, 2.75) is 27.3 Å². The summed E-state index contributed by atoms with van der Waals surface area (Å²) >= 11 is 0. The molecule has 0 saturated carbocycles. The van der Waals surface area contributed by atoms with E-state index in [2.05, 4.69) is 30.8 Å². The molecule has 1 aromatic heterocycles. The maximum absolute atomic E-state index is 5.74. The number of nitrogens with two attached hydrogens (primary N) is 1. The first kappa shape index (κ1) is 15.1. The third kappa shape index (κ3) is 3.87. The SMILES string of the molecule is Cc1nn(CCOc2ccc(C#CCN)cc2)c(C)c1C. The molecule has 2 rings (SSSR count). The van der Waals surface area contributed by atoms with Crippen molar-refractivity contribution < 1.29 is 4.74 Å². The van der Waals surface area contributed by atoms with Gasteiger partial charge in [-0.05, 0) is 50.6 Å². The van der Waals surface area contributed by atoms with Crippen LogP contribution in [0.25, 0.3) is 0 Å². The lowest BCUT2D eigenvalue weighted by atomic mass is 10.2. The number of benzene rings is 1. The van der Waals surface area contributed by atoms with Gasteiger partial charge < -0.3 is 10.5 Å². The van der Waals surface area contributed by atoms with Gasteiger partial charge in [0.2, 0.25) is 0 Å². The van der Waals surface area contributed by atoms with Gasteiger partial charge >= 0.3 is 0 Å². The molecule has 2 N–H and O–H groups in total. The number of hydrogen-bond acceptors (Lipinski definition) is 3. The van der Waals surface area contributed by atoms with E-state index in [0.717, 1.165) is 23.6 Å². The van der Waals surface area contributed by atoms with E-state index in [9.17, 15) is 0 Å². The van der Waals surface area contributed by atoms with E-state index in [1.54, 1.807) is 0 Å². The third-order valence-electron chi connectivity index (χ3n) is 3.50. The second-order valence-electron chi connectivity index (χ2n) is 4.90. The Hall–Kier alpha value is -2.25. The van der Waals surface area contributed by atoms with Crippen LogP contribution in [-0.2, 0) is 6.54 Å². The lowest BCUT2D eigenvalue weighted by molar-refractivity contribution is 0.289. The fourth-order valence-electron chi connectivity index (χ4n) is 2.04. The number of ether oxygens (including phenoxy) is 1. The predicted molar refractivity (Wildman–Crippen MR) is 84.3 cm³/mol. The summed E-state index contributed by atoms with van der Waals surface area (Å²) in [5.74, 6) is 6.65. The van der Waals surface area contributed by atoms with E-state index < -0.39 is 0 Å². The van der Waals surface area contributed by atoms with Crippen LogP contribution < -0.4 is 10.5 Å². The lowest BCUT2D eigenvalue weighted by Gasteiger charge is -2.08. The molecular weight excluding hydrogens is 262 g/mol. The van der Waals surface area contributed by atoms with E-state index in [0.29, 0.717) is 13.2 Å². The molecule has 4 nitrogen and oxygen atoms in total. The van der Waals surface area contributed by atoms with Crippen molar-refractivity contribution in [2.75, 3.05) is 13.2 Å². The van der Waals surface area contributed by atoms with E-state index in [1.165, 1.54) is 11.3 Å². The molecule has 0 aliphatic heterocycles. The van der Waals surface area contributed by atoms with Crippen molar-refractivity contribution in [1.29, 1.82) is 0 Å². The molecule has 0 radical (unpaired) electrons. The molecule has 21 heavy (non-hydrogen) atoms. The zero-order valence-corrected chi connectivity index (χ0v) is 12.8. The van der Waals surface area contributed by atoms with Crippen LogP contribution in [0.2, 0.25) is 0 Å². The highest BCUT2D eigenvalue weighted by Crippen LogP contribution is 2.13. The van der Waals surface area contributed by atoms with Crippen LogP contribution in [0.4, 0.5) is 0 Å². The van der Waals surface area contributed by atoms with Gasteiger partial charge in [-0.25, -0.2) is 0 Å². The minimum atomic E-state index is 0.375. The van der Waals surface area contributed by atoms with Gasteiger partial charge in [-0.15, -0.1) is 0 Å². The van der Waals surface area contributed by atoms with Crippen LogP contribution in [-0.4, -0.2) is 22.9 Å². The van der Waals surface area contributed by atoms with Gasteiger partial charge in [0.05, 0.1) is 18.8 Å². The Labute approximate surface area is 125 Å². The standard InChI is InChI=1S/C17H21N3O/c1-13-14(2)19-20(15(13)3)11-12-21-17-8-6-16(7-9-17)5-4-10-18/h6-9H,10-12,18H2,1-3H3. The van der Waals surface area contributed by atoms with E-state index in [1.807, 2.05) is 35.9 Å².